The molecule has 0 rings (SSSR count). The van der Waals surface area contributed by atoms with Crippen LogP contribution >= 0.6 is 24.1 Å². The molecule has 10 heteroatoms. The average Bonchev–Trinajstić information content (AvgIpc) is 2.89. The molecule has 0 fully saturated rings. The smallest absolute Gasteiger partial charge is 0.802 e. The van der Waals surface area contributed by atoms with E-state index in [1.54, 1.807) is 0 Å². The van der Waals surface area contributed by atoms with Crippen molar-refractivity contribution in [2.75, 3.05) is 18.5 Å². The van der Waals surface area contributed by atoms with Gasteiger partial charge in [0.2, 0.25) is 0 Å². The van der Waals surface area contributed by atoms with Gasteiger partial charge in [0.1, 0.15) is 0 Å². The quantitative estimate of drug-likeness (QED) is 0.0637. The zero-order valence-corrected chi connectivity index (χ0v) is 30.7. The van der Waals surface area contributed by atoms with E-state index < -0.39 is 24.1 Å². The van der Waals surface area contributed by atoms with Crippen LogP contribution in [0.15, 0.2) is 0 Å². The molecule has 3 atom stereocenters. The van der Waals surface area contributed by atoms with E-state index in [9.17, 15) is 28.4 Å². The van der Waals surface area contributed by atoms with Crippen molar-refractivity contribution in [3.05, 3.63) is 0 Å². The zero-order chi connectivity index (χ0) is 29.8. The molecule has 0 saturated heterocycles. The Morgan fingerprint density at radius 3 is 0.625 bits per heavy atom. The second-order valence-electron chi connectivity index (χ2n) is 10.8. The Bertz CT molecular complexity index is 456. The number of hydrogen-bond acceptors (Lipinski definition) is 6. The van der Waals surface area contributed by atoms with Crippen LogP contribution in [-0.4, -0.2) is 18.5 Å². The van der Waals surface area contributed by atoms with Crippen molar-refractivity contribution in [3.8, 4) is 0 Å². The second-order valence-corrected chi connectivity index (χ2v) is 14.5. The first-order valence-corrected chi connectivity index (χ1v) is 21.0. The molecule has 0 amide bonds. The molecule has 243 valence electrons. The third kappa shape index (κ3) is 58.7. The number of rotatable bonds is 27. The van der Waals surface area contributed by atoms with Gasteiger partial charge in [-0.3, -0.25) is 0 Å². The van der Waals surface area contributed by atoms with E-state index in [1.165, 1.54) is 116 Å². The third-order valence-electron chi connectivity index (χ3n) is 6.70. The topological polar surface area (TPSA) is 120 Å². The summed E-state index contributed by atoms with van der Waals surface area (Å²) < 4.78 is 30.7. The molecule has 0 aromatic heterocycles. The fourth-order valence-corrected chi connectivity index (χ4v) is 5.83. The van der Waals surface area contributed by atoms with Crippen LogP contribution < -0.4 is 14.7 Å². The standard InChI is InChI=1S/3C10H23O2P.Cr/c3*1-2-3-4-5-6-7-8-9-10-13(11)12;/h3*13H,2-10H2,1H3,(H,11,12);/q;;;+3/p-3. The molecular formula is C30H66CrO6P3. The molecule has 0 aliphatic carbocycles. The van der Waals surface area contributed by atoms with Crippen molar-refractivity contribution in [3.63, 3.8) is 0 Å². The maximum absolute atomic E-state index is 10.2. The molecule has 0 bridgehead atoms. The Balaban J connectivity index is -0.000000240. The summed E-state index contributed by atoms with van der Waals surface area (Å²) in [7, 11) is -7.31. The SMILES string of the molecule is CCCCCCCCCC[PH](=O)[O-].CCCCCCCCCC[PH](=O)[O-].CCCCCCCCCC[PH](=O)[O-].[Cr+3]. The van der Waals surface area contributed by atoms with Crippen LogP contribution in [0.25, 0.3) is 0 Å². The van der Waals surface area contributed by atoms with Gasteiger partial charge < -0.3 is 28.4 Å². The zero-order valence-electron chi connectivity index (χ0n) is 26.4. The molecule has 0 saturated carbocycles. The first kappa shape index (κ1) is 48.0. The largest absolute Gasteiger partial charge is 3.00 e. The van der Waals surface area contributed by atoms with E-state index in [4.69, 9.17) is 0 Å². The van der Waals surface area contributed by atoms with Crippen molar-refractivity contribution in [1.29, 1.82) is 0 Å². The minimum Gasteiger partial charge on any atom is -0.802 e. The molecule has 0 spiro atoms. The van der Waals surface area contributed by atoms with Gasteiger partial charge in [0.25, 0.3) is 0 Å². The van der Waals surface area contributed by atoms with Crippen LogP contribution in [0.3, 0.4) is 0 Å². The van der Waals surface area contributed by atoms with Gasteiger partial charge in [-0.15, -0.1) is 0 Å². The second kappa shape index (κ2) is 44.5. The van der Waals surface area contributed by atoms with Gasteiger partial charge in [-0.25, -0.2) is 0 Å². The van der Waals surface area contributed by atoms with Crippen molar-refractivity contribution in [1.82, 2.24) is 0 Å². The summed E-state index contributed by atoms with van der Waals surface area (Å²) in [4.78, 5) is 30.7. The van der Waals surface area contributed by atoms with Gasteiger partial charge >= 0.3 is 17.4 Å². The van der Waals surface area contributed by atoms with Crippen molar-refractivity contribution >= 4 is 24.1 Å². The fraction of sp³-hybridized carbons (Fsp3) is 1.00. The van der Waals surface area contributed by atoms with Gasteiger partial charge in [-0.05, 0) is 37.7 Å². The minimum absolute atomic E-state index is 0. The molecule has 6 nitrogen and oxygen atoms in total. The number of unbranched alkanes of at least 4 members (excludes halogenated alkanes) is 21. The summed E-state index contributed by atoms with van der Waals surface area (Å²) in [5, 5.41) is 0. The normalized spacial score (nSPS) is 12.8. The van der Waals surface area contributed by atoms with Gasteiger partial charge in [0.05, 0.1) is 0 Å². The predicted octanol–water partition coefficient (Wildman–Crippen LogP) is 8.88. The van der Waals surface area contributed by atoms with E-state index >= 15 is 0 Å². The van der Waals surface area contributed by atoms with Crippen LogP contribution in [0.1, 0.15) is 175 Å². The molecule has 0 aromatic rings. The summed E-state index contributed by atoms with van der Waals surface area (Å²) in [6.45, 7) is 6.64. The van der Waals surface area contributed by atoms with Crippen LogP contribution in [0.2, 0.25) is 0 Å². The Kier molecular flexibility index (Phi) is 53.5. The van der Waals surface area contributed by atoms with Crippen LogP contribution in [0, 0.1) is 0 Å². The Labute approximate surface area is 262 Å². The average molecular weight is 668 g/mol. The maximum Gasteiger partial charge on any atom is 3.00 e. The molecule has 3 unspecified atom stereocenters. The molecule has 0 aliphatic rings. The summed E-state index contributed by atoms with van der Waals surface area (Å²) in [6, 6.07) is 0. The van der Waals surface area contributed by atoms with Gasteiger partial charge in [-0.1, -0.05) is 156 Å². The summed E-state index contributed by atoms with van der Waals surface area (Å²) in [6.07, 6.45) is 30.5. The third-order valence-corrected chi connectivity index (χ3v) is 8.99. The Morgan fingerprint density at radius 1 is 0.325 bits per heavy atom. The van der Waals surface area contributed by atoms with E-state index in [1.807, 2.05) is 0 Å². The first-order chi connectivity index (χ1) is 18.8. The molecule has 1 radical (unpaired) electrons. The minimum atomic E-state index is -2.44. The fourth-order valence-electron chi connectivity index (χ4n) is 4.21. The van der Waals surface area contributed by atoms with E-state index in [2.05, 4.69) is 20.8 Å². The number of hydrogen-bond donors (Lipinski definition) is 0. The molecule has 40 heavy (non-hydrogen) atoms. The van der Waals surface area contributed by atoms with Gasteiger partial charge in [-0.2, -0.15) is 0 Å². The van der Waals surface area contributed by atoms with Crippen LogP contribution in [-0.2, 0) is 31.1 Å². The van der Waals surface area contributed by atoms with E-state index in [0.29, 0.717) is 18.5 Å². The van der Waals surface area contributed by atoms with Gasteiger partial charge in [0.15, 0.2) is 0 Å². The molecular weight excluding hydrogens is 601 g/mol. The summed E-state index contributed by atoms with van der Waals surface area (Å²) >= 11 is 0. The summed E-state index contributed by atoms with van der Waals surface area (Å²) in [5.41, 5.74) is 0. The Morgan fingerprint density at radius 2 is 0.475 bits per heavy atom. The van der Waals surface area contributed by atoms with Gasteiger partial charge in [0, 0.05) is 24.1 Å². The summed E-state index contributed by atoms with van der Waals surface area (Å²) in [5.74, 6) is 0. The van der Waals surface area contributed by atoms with Crippen molar-refractivity contribution in [2.45, 2.75) is 175 Å². The Hall–Kier alpha value is 1.10. The molecule has 0 N–H and O–H groups in total. The molecule has 0 heterocycles. The molecule has 0 aromatic carbocycles. The van der Waals surface area contributed by atoms with Crippen molar-refractivity contribution in [2.24, 2.45) is 0 Å². The van der Waals surface area contributed by atoms with E-state index in [-0.39, 0.29) is 17.4 Å². The van der Waals surface area contributed by atoms with Crippen molar-refractivity contribution < 1.29 is 45.7 Å². The van der Waals surface area contributed by atoms with Crippen LogP contribution in [0.5, 0.6) is 0 Å². The molecule has 0 aliphatic heterocycles. The maximum atomic E-state index is 10.2. The first-order valence-electron chi connectivity index (χ1n) is 16.4. The van der Waals surface area contributed by atoms with Crippen LogP contribution in [0.4, 0.5) is 0 Å². The van der Waals surface area contributed by atoms with E-state index in [0.717, 1.165) is 38.5 Å². The predicted molar refractivity (Wildman–Crippen MR) is 169 cm³/mol. The monoisotopic (exact) mass is 667 g/mol.